The van der Waals surface area contributed by atoms with Crippen LogP contribution in [0, 0.1) is 0 Å². The average Bonchev–Trinajstić information content (AvgIpc) is 2.44. The van der Waals surface area contributed by atoms with Crippen molar-refractivity contribution in [1.82, 2.24) is 5.32 Å². The fourth-order valence-corrected chi connectivity index (χ4v) is 1.55. The molecule has 0 saturated carbocycles. The molecule has 1 unspecified atom stereocenters. The van der Waals surface area contributed by atoms with E-state index >= 15 is 0 Å². The van der Waals surface area contributed by atoms with Gasteiger partial charge in [-0.05, 0) is 25.5 Å². The van der Waals surface area contributed by atoms with Crippen molar-refractivity contribution in [3.63, 3.8) is 0 Å². The molecule has 0 saturated heterocycles. The molecule has 0 radical (unpaired) electrons. The van der Waals surface area contributed by atoms with Crippen LogP contribution in [0.3, 0.4) is 0 Å². The molecule has 0 spiro atoms. The zero-order valence-electron chi connectivity index (χ0n) is 11.1. The van der Waals surface area contributed by atoms with Gasteiger partial charge in [-0.15, -0.1) is 0 Å². The van der Waals surface area contributed by atoms with Gasteiger partial charge >= 0.3 is 0 Å². The summed E-state index contributed by atoms with van der Waals surface area (Å²) >= 11 is 0. The molecule has 1 amide bonds. The van der Waals surface area contributed by atoms with Crippen molar-refractivity contribution in [3.8, 4) is 0 Å². The maximum absolute atomic E-state index is 12.0. The number of nitrogens with one attached hydrogen (secondary N) is 1. The third kappa shape index (κ3) is 4.59. The number of carbonyl (C=O) groups is 1. The van der Waals surface area contributed by atoms with Crippen LogP contribution in [0.25, 0.3) is 0 Å². The quantitative estimate of drug-likeness (QED) is 0.308. The molecule has 1 aromatic rings. The van der Waals surface area contributed by atoms with Crippen molar-refractivity contribution in [3.05, 3.63) is 35.4 Å². The molecule has 4 N–H and O–H groups in total. The molecule has 104 valence electrons. The van der Waals surface area contributed by atoms with E-state index in [2.05, 4.69) is 10.5 Å². The number of benzene rings is 1. The van der Waals surface area contributed by atoms with Gasteiger partial charge in [0.1, 0.15) is 0 Å². The number of amides is 1. The number of carbonyl (C=O) groups excluding carboxylic acids is 1. The van der Waals surface area contributed by atoms with Crippen LogP contribution < -0.4 is 11.1 Å². The summed E-state index contributed by atoms with van der Waals surface area (Å²) in [5, 5.41) is 14.4. The molecule has 0 aliphatic carbocycles. The van der Waals surface area contributed by atoms with Gasteiger partial charge in [0, 0.05) is 30.9 Å². The fourth-order valence-electron chi connectivity index (χ4n) is 1.55. The molecule has 1 atom stereocenters. The second kappa shape index (κ2) is 7.38. The lowest BCUT2D eigenvalue weighted by Gasteiger charge is -2.13. The summed E-state index contributed by atoms with van der Waals surface area (Å²) in [6.07, 6.45) is 0.738. The maximum Gasteiger partial charge on any atom is 0.251 e. The van der Waals surface area contributed by atoms with Gasteiger partial charge in [-0.3, -0.25) is 4.79 Å². The molecular formula is C13H19N3O3. The highest BCUT2D eigenvalue weighted by Crippen LogP contribution is 2.06. The van der Waals surface area contributed by atoms with Crippen LogP contribution in [0.2, 0.25) is 0 Å². The molecule has 0 aliphatic heterocycles. The first kappa shape index (κ1) is 15.0. The topological polar surface area (TPSA) is 96.9 Å². The molecule has 6 nitrogen and oxygen atoms in total. The Balaban J connectivity index is 2.72. The number of methoxy groups -OCH3 is 1. The third-order valence-corrected chi connectivity index (χ3v) is 2.66. The van der Waals surface area contributed by atoms with Gasteiger partial charge in [-0.25, -0.2) is 0 Å². The van der Waals surface area contributed by atoms with Crippen molar-refractivity contribution in [1.29, 1.82) is 0 Å². The Morgan fingerprint density at radius 2 is 2.21 bits per heavy atom. The van der Waals surface area contributed by atoms with Crippen LogP contribution in [0.1, 0.15) is 29.3 Å². The smallest absolute Gasteiger partial charge is 0.251 e. The molecule has 19 heavy (non-hydrogen) atoms. The highest BCUT2D eigenvalue weighted by molar-refractivity contribution is 6.01. The Hall–Kier alpha value is -2.08. The second-order valence-electron chi connectivity index (χ2n) is 4.22. The van der Waals surface area contributed by atoms with Crippen molar-refractivity contribution in [2.24, 2.45) is 10.9 Å². The number of ether oxygens (including phenoxy) is 1. The third-order valence-electron chi connectivity index (χ3n) is 2.66. The first-order valence-corrected chi connectivity index (χ1v) is 5.96. The summed E-state index contributed by atoms with van der Waals surface area (Å²) in [6, 6.07) is 6.61. The highest BCUT2D eigenvalue weighted by Gasteiger charge is 2.11. The fraction of sp³-hybridized carbons (Fsp3) is 0.385. The Morgan fingerprint density at radius 1 is 1.53 bits per heavy atom. The summed E-state index contributed by atoms with van der Waals surface area (Å²) in [5.74, 6) is -0.224. The SMILES string of the molecule is COCCC(C)NC(=O)c1cccc(C(N)=NO)c1. The average molecular weight is 265 g/mol. The van der Waals surface area contributed by atoms with E-state index in [0.717, 1.165) is 6.42 Å². The second-order valence-corrected chi connectivity index (χ2v) is 4.22. The molecule has 0 aromatic heterocycles. The zero-order chi connectivity index (χ0) is 14.3. The van der Waals surface area contributed by atoms with Crippen LogP contribution in [0.15, 0.2) is 29.4 Å². The van der Waals surface area contributed by atoms with Gasteiger partial charge in [0.25, 0.3) is 5.91 Å². The van der Waals surface area contributed by atoms with Crippen molar-refractivity contribution in [2.75, 3.05) is 13.7 Å². The van der Waals surface area contributed by atoms with Crippen LogP contribution >= 0.6 is 0 Å². The largest absolute Gasteiger partial charge is 0.409 e. The Morgan fingerprint density at radius 3 is 2.84 bits per heavy atom. The zero-order valence-corrected chi connectivity index (χ0v) is 11.1. The molecule has 6 heteroatoms. The predicted octanol–water partition coefficient (Wildman–Crippen LogP) is 0.936. The first-order valence-electron chi connectivity index (χ1n) is 5.96. The Labute approximate surface area is 112 Å². The summed E-state index contributed by atoms with van der Waals surface area (Å²) in [4.78, 5) is 12.0. The van der Waals surface area contributed by atoms with Crippen LogP contribution in [0.4, 0.5) is 0 Å². The van der Waals surface area contributed by atoms with Gasteiger partial charge in [0.15, 0.2) is 5.84 Å². The number of hydrogen-bond donors (Lipinski definition) is 3. The van der Waals surface area contributed by atoms with Crippen LogP contribution in [-0.2, 0) is 4.74 Å². The van der Waals surface area contributed by atoms with E-state index in [9.17, 15) is 4.79 Å². The maximum atomic E-state index is 12.0. The molecule has 1 aromatic carbocycles. The molecule has 0 fully saturated rings. The summed E-state index contributed by atoms with van der Waals surface area (Å²) in [5.41, 5.74) is 6.45. The molecule has 0 aliphatic rings. The predicted molar refractivity (Wildman–Crippen MR) is 72.4 cm³/mol. The minimum Gasteiger partial charge on any atom is -0.409 e. The van der Waals surface area contributed by atoms with Crippen LogP contribution in [0.5, 0.6) is 0 Å². The standard InChI is InChI=1S/C13H19N3O3/c1-9(6-7-19-2)15-13(17)11-5-3-4-10(8-11)12(14)16-18/h3-5,8-9,18H,6-7H2,1-2H3,(H2,14,16)(H,15,17). The molecular weight excluding hydrogens is 246 g/mol. The van der Waals surface area contributed by atoms with E-state index < -0.39 is 0 Å². The van der Waals surface area contributed by atoms with Gasteiger partial charge in [-0.2, -0.15) is 0 Å². The lowest BCUT2D eigenvalue weighted by molar-refractivity contribution is 0.0929. The summed E-state index contributed by atoms with van der Waals surface area (Å²) in [6.45, 7) is 2.50. The molecule has 1 rings (SSSR count). The van der Waals surface area contributed by atoms with Gasteiger partial charge in [0.05, 0.1) is 0 Å². The van der Waals surface area contributed by atoms with Crippen LogP contribution in [-0.4, -0.2) is 36.7 Å². The molecule has 0 heterocycles. The number of oxime groups is 1. The first-order chi connectivity index (χ1) is 9.08. The number of hydrogen-bond acceptors (Lipinski definition) is 4. The van der Waals surface area contributed by atoms with E-state index in [1.54, 1.807) is 31.4 Å². The summed E-state index contributed by atoms with van der Waals surface area (Å²) in [7, 11) is 1.62. The van der Waals surface area contributed by atoms with E-state index in [1.807, 2.05) is 6.92 Å². The van der Waals surface area contributed by atoms with E-state index in [1.165, 1.54) is 0 Å². The van der Waals surface area contributed by atoms with E-state index in [4.69, 9.17) is 15.7 Å². The normalized spacial score (nSPS) is 13.1. The lowest BCUT2D eigenvalue weighted by Crippen LogP contribution is -2.33. The van der Waals surface area contributed by atoms with Gasteiger partial charge in [0.2, 0.25) is 0 Å². The summed E-state index contributed by atoms with van der Waals surface area (Å²) < 4.78 is 4.95. The lowest BCUT2D eigenvalue weighted by atomic mass is 10.1. The Bertz CT molecular complexity index is 460. The van der Waals surface area contributed by atoms with E-state index in [0.29, 0.717) is 17.7 Å². The Kier molecular flexibility index (Phi) is 5.81. The minimum absolute atomic E-state index is 0.0139. The van der Waals surface area contributed by atoms with Crippen molar-refractivity contribution in [2.45, 2.75) is 19.4 Å². The van der Waals surface area contributed by atoms with Crippen molar-refractivity contribution < 1.29 is 14.7 Å². The van der Waals surface area contributed by atoms with Gasteiger partial charge in [-0.1, -0.05) is 17.3 Å². The molecule has 0 bridgehead atoms. The monoisotopic (exact) mass is 265 g/mol. The van der Waals surface area contributed by atoms with Crippen molar-refractivity contribution >= 4 is 11.7 Å². The highest BCUT2D eigenvalue weighted by atomic mass is 16.5. The number of rotatable bonds is 6. The van der Waals surface area contributed by atoms with Gasteiger partial charge < -0.3 is 21.0 Å². The number of nitrogens with zero attached hydrogens (tertiary/aromatic N) is 1. The minimum atomic E-state index is -0.198. The van der Waals surface area contributed by atoms with E-state index in [-0.39, 0.29) is 17.8 Å². The number of amidine groups is 1. The number of nitrogens with two attached hydrogens (primary N) is 1.